The predicted molar refractivity (Wildman–Crippen MR) is 112 cm³/mol. The number of carbonyl (C=O) groups excluding carboxylic acids is 2. The molecule has 0 heterocycles. The van der Waals surface area contributed by atoms with Crippen molar-refractivity contribution in [1.82, 2.24) is 4.31 Å². The molecule has 2 aromatic rings. The van der Waals surface area contributed by atoms with Crippen LogP contribution in [0.5, 0.6) is 11.5 Å². The largest absolute Gasteiger partial charge is 0.497 e. The fourth-order valence-corrected chi connectivity index (χ4v) is 3.61. The molecule has 0 spiro atoms. The minimum Gasteiger partial charge on any atom is -0.497 e. The van der Waals surface area contributed by atoms with Crippen LogP contribution in [0.2, 0.25) is 0 Å². The Kier molecular flexibility index (Phi) is 7.06. The van der Waals surface area contributed by atoms with Crippen molar-refractivity contribution in [1.29, 1.82) is 0 Å². The monoisotopic (exact) mass is 435 g/mol. The summed E-state index contributed by atoms with van der Waals surface area (Å²) in [6.07, 6.45) is 0. The van der Waals surface area contributed by atoms with Crippen molar-refractivity contribution in [3.8, 4) is 11.5 Å². The topological polar surface area (TPSA) is 128 Å². The van der Waals surface area contributed by atoms with Gasteiger partial charge in [-0.3, -0.25) is 9.59 Å². The third-order valence-electron chi connectivity index (χ3n) is 4.51. The first-order chi connectivity index (χ1) is 14.0. The number of amides is 2. The molecule has 0 fully saturated rings. The van der Waals surface area contributed by atoms with E-state index in [9.17, 15) is 18.0 Å². The summed E-state index contributed by atoms with van der Waals surface area (Å²) < 4.78 is 36.5. The number of hydrogen-bond acceptors (Lipinski definition) is 6. The molecule has 0 radical (unpaired) electrons. The molecule has 2 rings (SSSR count). The van der Waals surface area contributed by atoms with Crippen LogP contribution in [-0.2, 0) is 14.8 Å². The van der Waals surface area contributed by atoms with Gasteiger partial charge in [-0.1, -0.05) is 0 Å². The standard InChI is InChI=1S/C20H25N3O6S/c1-12-8-15(30(26,27)23(3)4)10-17(13(12)2)22-19(24)11-29-18-9-14(28-5)6-7-16(18)20(21)25/h6-10H,11H2,1-5H3,(H2,21,25)(H,22,24). The van der Waals surface area contributed by atoms with Crippen LogP contribution in [-0.4, -0.2) is 52.3 Å². The molecule has 2 amide bonds. The van der Waals surface area contributed by atoms with Gasteiger partial charge in [0.25, 0.3) is 11.8 Å². The zero-order chi connectivity index (χ0) is 22.6. The third-order valence-corrected chi connectivity index (χ3v) is 6.30. The quantitative estimate of drug-likeness (QED) is 0.649. The summed E-state index contributed by atoms with van der Waals surface area (Å²) in [5, 5.41) is 2.66. The molecule has 0 aliphatic carbocycles. The van der Waals surface area contributed by atoms with Crippen LogP contribution >= 0.6 is 0 Å². The van der Waals surface area contributed by atoms with E-state index in [-0.39, 0.29) is 16.2 Å². The highest BCUT2D eigenvalue weighted by Gasteiger charge is 2.20. The maximum absolute atomic E-state index is 12.4. The highest BCUT2D eigenvalue weighted by atomic mass is 32.2. The Morgan fingerprint density at radius 2 is 1.80 bits per heavy atom. The first-order valence-electron chi connectivity index (χ1n) is 8.91. The van der Waals surface area contributed by atoms with E-state index in [0.717, 1.165) is 9.87 Å². The second-order valence-corrected chi connectivity index (χ2v) is 8.92. The van der Waals surface area contributed by atoms with Crippen molar-refractivity contribution >= 4 is 27.5 Å². The van der Waals surface area contributed by atoms with Gasteiger partial charge in [-0.05, 0) is 49.2 Å². The molecule has 0 saturated carbocycles. The number of benzene rings is 2. The number of nitrogens with two attached hydrogens (primary N) is 1. The Morgan fingerprint density at radius 3 is 2.37 bits per heavy atom. The highest BCUT2D eigenvalue weighted by Crippen LogP contribution is 2.27. The fraction of sp³-hybridized carbons (Fsp3) is 0.300. The maximum atomic E-state index is 12.4. The number of methoxy groups -OCH3 is 1. The van der Waals surface area contributed by atoms with Crippen LogP contribution in [0.15, 0.2) is 35.2 Å². The smallest absolute Gasteiger partial charge is 0.262 e. The Hall–Kier alpha value is -3.11. The molecule has 0 aliphatic heterocycles. The first-order valence-corrected chi connectivity index (χ1v) is 10.4. The first kappa shape index (κ1) is 23.2. The summed E-state index contributed by atoms with van der Waals surface area (Å²) in [5.74, 6) is -0.700. The van der Waals surface area contributed by atoms with Crippen LogP contribution in [0.3, 0.4) is 0 Å². The van der Waals surface area contributed by atoms with Gasteiger partial charge in [0.15, 0.2) is 6.61 Å². The van der Waals surface area contributed by atoms with Gasteiger partial charge >= 0.3 is 0 Å². The molecular formula is C20H25N3O6S. The van der Waals surface area contributed by atoms with Crippen LogP contribution in [0.25, 0.3) is 0 Å². The molecular weight excluding hydrogens is 410 g/mol. The van der Waals surface area contributed by atoms with Gasteiger partial charge in [0.05, 0.1) is 17.6 Å². The summed E-state index contributed by atoms with van der Waals surface area (Å²) >= 11 is 0. The Balaban J connectivity index is 2.24. The summed E-state index contributed by atoms with van der Waals surface area (Å²) in [6, 6.07) is 7.39. The summed E-state index contributed by atoms with van der Waals surface area (Å²) in [4.78, 5) is 24.1. The highest BCUT2D eigenvalue weighted by molar-refractivity contribution is 7.89. The van der Waals surface area contributed by atoms with Crippen molar-refractivity contribution in [2.24, 2.45) is 5.73 Å². The molecule has 9 nitrogen and oxygen atoms in total. The maximum Gasteiger partial charge on any atom is 0.262 e. The number of hydrogen-bond donors (Lipinski definition) is 2. The molecule has 3 N–H and O–H groups in total. The lowest BCUT2D eigenvalue weighted by Crippen LogP contribution is -2.24. The molecule has 0 unspecified atom stereocenters. The van der Waals surface area contributed by atoms with Crippen LogP contribution in [0.1, 0.15) is 21.5 Å². The zero-order valence-corrected chi connectivity index (χ0v) is 18.3. The van der Waals surface area contributed by atoms with Gasteiger partial charge in [-0.15, -0.1) is 0 Å². The van der Waals surface area contributed by atoms with Crippen LogP contribution in [0.4, 0.5) is 5.69 Å². The van der Waals surface area contributed by atoms with Crippen molar-refractivity contribution < 1.29 is 27.5 Å². The number of rotatable bonds is 8. The zero-order valence-electron chi connectivity index (χ0n) is 17.5. The Labute approximate surface area is 175 Å². The lowest BCUT2D eigenvalue weighted by Gasteiger charge is -2.17. The number of primary amides is 1. The van der Waals surface area contributed by atoms with Crippen LogP contribution < -0.4 is 20.5 Å². The molecule has 0 aromatic heterocycles. The Morgan fingerprint density at radius 1 is 1.13 bits per heavy atom. The van der Waals surface area contributed by atoms with Gasteiger partial charge in [0.2, 0.25) is 10.0 Å². The second kappa shape index (κ2) is 9.14. The molecule has 0 aliphatic rings. The molecule has 162 valence electrons. The number of aryl methyl sites for hydroxylation is 1. The van der Waals surface area contributed by atoms with E-state index in [1.807, 2.05) is 0 Å². The second-order valence-electron chi connectivity index (χ2n) is 6.76. The van der Waals surface area contributed by atoms with E-state index < -0.39 is 28.4 Å². The lowest BCUT2D eigenvalue weighted by atomic mass is 10.1. The number of nitrogens with zero attached hydrogens (tertiary/aromatic N) is 1. The van der Waals surface area contributed by atoms with Gasteiger partial charge in [0, 0.05) is 25.8 Å². The summed E-state index contributed by atoms with van der Waals surface area (Å²) in [5.41, 5.74) is 7.22. The van der Waals surface area contributed by atoms with E-state index in [0.29, 0.717) is 17.0 Å². The fourth-order valence-electron chi connectivity index (χ4n) is 2.60. The normalized spacial score (nSPS) is 11.3. The summed E-state index contributed by atoms with van der Waals surface area (Å²) in [6.45, 7) is 3.10. The third kappa shape index (κ3) is 5.08. The number of sulfonamides is 1. The van der Waals surface area contributed by atoms with Crippen molar-refractivity contribution in [2.75, 3.05) is 33.1 Å². The van der Waals surface area contributed by atoms with Crippen molar-refractivity contribution in [2.45, 2.75) is 18.7 Å². The SMILES string of the molecule is COc1ccc(C(N)=O)c(OCC(=O)Nc2cc(S(=O)(=O)N(C)C)cc(C)c2C)c1. The molecule has 10 heteroatoms. The summed E-state index contributed by atoms with van der Waals surface area (Å²) in [7, 11) is 0.650. The molecule has 30 heavy (non-hydrogen) atoms. The molecule has 0 saturated heterocycles. The van der Waals surface area contributed by atoms with Gasteiger partial charge in [0.1, 0.15) is 11.5 Å². The average Bonchev–Trinajstić information content (AvgIpc) is 2.68. The van der Waals surface area contributed by atoms with Crippen molar-refractivity contribution in [3.63, 3.8) is 0 Å². The number of carbonyl (C=O) groups is 2. The average molecular weight is 436 g/mol. The predicted octanol–water partition coefficient (Wildman–Crippen LogP) is 1.68. The minimum absolute atomic E-state index is 0.0654. The van der Waals surface area contributed by atoms with E-state index in [1.165, 1.54) is 39.4 Å². The molecule has 0 bridgehead atoms. The Bertz CT molecular complexity index is 1080. The molecule has 0 atom stereocenters. The molecule has 2 aromatic carbocycles. The number of ether oxygens (including phenoxy) is 2. The van der Waals surface area contributed by atoms with Gasteiger partial charge < -0.3 is 20.5 Å². The minimum atomic E-state index is -3.67. The van der Waals surface area contributed by atoms with Crippen LogP contribution in [0, 0.1) is 13.8 Å². The van der Waals surface area contributed by atoms with E-state index in [2.05, 4.69) is 5.32 Å². The van der Waals surface area contributed by atoms with Gasteiger partial charge in [-0.2, -0.15) is 0 Å². The van der Waals surface area contributed by atoms with Crippen molar-refractivity contribution in [3.05, 3.63) is 47.0 Å². The lowest BCUT2D eigenvalue weighted by molar-refractivity contribution is -0.118. The number of nitrogens with one attached hydrogen (secondary N) is 1. The van der Waals surface area contributed by atoms with Gasteiger partial charge in [-0.25, -0.2) is 12.7 Å². The van der Waals surface area contributed by atoms with E-state index in [4.69, 9.17) is 15.2 Å². The van der Waals surface area contributed by atoms with E-state index >= 15 is 0 Å². The number of anilines is 1. The van der Waals surface area contributed by atoms with E-state index in [1.54, 1.807) is 26.0 Å².